The lowest BCUT2D eigenvalue weighted by atomic mass is 9.94. The van der Waals surface area contributed by atoms with Crippen molar-refractivity contribution in [2.75, 3.05) is 18.2 Å². The van der Waals surface area contributed by atoms with Gasteiger partial charge in [-0.2, -0.15) is 0 Å². The van der Waals surface area contributed by atoms with Crippen LogP contribution in [0.3, 0.4) is 0 Å². The van der Waals surface area contributed by atoms with Crippen LogP contribution in [0.25, 0.3) is 0 Å². The molecule has 31 heavy (non-hydrogen) atoms. The van der Waals surface area contributed by atoms with Gasteiger partial charge in [-0.15, -0.1) is 11.8 Å². The van der Waals surface area contributed by atoms with Crippen LogP contribution < -0.4 is 16.0 Å². The Morgan fingerprint density at radius 1 is 1.10 bits per heavy atom. The number of nitrogens with one attached hydrogen (secondary N) is 3. The average molecular weight is 462 g/mol. The molecule has 2 aromatic rings. The summed E-state index contributed by atoms with van der Waals surface area (Å²) in [7, 11) is 0. The monoisotopic (exact) mass is 461 g/mol. The molecule has 2 aromatic carbocycles. The van der Waals surface area contributed by atoms with Crippen molar-refractivity contribution in [1.29, 1.82) is 0 Å². The first-order valence-electron chi connectivity index (χ1n) is 9.85. The highest BCUT2D eigenvalue weighted by atomic mass is 35.5. The second kappa shape index (κ2) is 11.2. The fourth-order valence-corrected chi connectivity index (χ4v) is 4.40. The summed E-state index contributed by atoms with van der Waals surface area (Å²) >= 11 is 7.64. The average Bonchev–Trinajstić information content (AvgIpc) is 3.31. The highest BCUT2D eigenvalue weighted by Gasteiger charge is 2.26. The van der Waals surface area contributed by atoms with E-state index >= 15 is 0 Å². The van der Waals surface area contributed by atoms with Crippen molar-refractivity contribution in [3.05, 3.63) is 70.7 Å². The van der Waals surface area contributed by atoms with Crippen LogP contribution in [-0.4, -0.2) is 47.1 Å². The highest BCUT2D eigenvalue weighted by molar-refractivity contribution is 7.99. The number of carboxylic acid groups (broad SMARTS) is 1. The molecule has 1 aliphatic rings. The molecule has 0 spiro atoms. The van der Waals surface area contributed by atoms with Crippen LogP contribution in [0.4, 0.5) is 0 Å². The minimum absolute atomic E-state index is 0.0192. The molecular weight excluding hydrogens is 438 g/mol. The third-order valence-electron chi connectivity index (χ3n) is 5.01. The van der Waals surface area contributed by atoms with E-state index < -0.39 is 17.9 Å². The van der Waals surface area contributed by atoms with Gasteiger partial charge in [0.1, 0.15) is 0 Å². The summed E-state index contributed by atoms with van der Waals surface area (Å²) in [6.45, 7) is 0.250. The van der Waals surface area contributed by atoms with Gasteiger partial charge in [-0.05, 0) is 23.3 Å². The van der Waals surface area contributed by atoms with Gasteiger partial charge in [0, 0.05) is 35.5 Å². The molecule has 3 unspecified atom stereocenters. The predicted molar refractivity (Wildman–Crippen MR) is 121 cm³/mol. The molecule has 164 valence electrons. The smallest absolute Gasteiger partial charge is 0.330 e. The number of hydrogen-bond donors (Lipinski definition) is 4. The number of carboxylic acids is 1. The van der Waals surface area contributed by atoms with Crippen molar-refractivity contribution in [3.8, 4) is 0 Å². The van der Waals surface area contributed by atoms with Gasteiger partial charge in [0.2, 0.25) is 11.8 Å². The lowest BCUT2D eigenvalue weighted by Gasteiger charge is -2.21. The molecule has 0 bridgehead atoms. The fraction of sp³-hybridized carbons (Fsp3) is 0.318. The van der Waals surface area contributed by atoms with E-state index in [1.807, 2.05) is 12.1 Å². The van der Waals surface area contributed by atoms with Crippen molar-refractivity contribution in [2.45, 2.75) is 24.4 Å². The Balaban J connectivity index is 1.69. The second-order valence-corrected chi connectivity index (χ2v) is 8.69. The number of thioether (sulfide) groups is 1. The third-order valence-corrected chi connectivity index (χ3v) is 6.21. The summed E-state index contributed by atoms with van der Waals surface area (Å²) < 4.78 is 0. The summed E-state index contributed by atoms with van der Waals surface area (Å²) in [6.07, 6.45) is 0.0192. The standard InChI is InChI=1S/C22H24ClN3O4S/c23-17-8-6-14(7-9-17)16(11-24-21(28)18-12-31-13-25-18)10-19(27)26-20(22(29)30)15-4-2-1-3-5-15/h1-9,16,18,20,25H,10-13H2,(H,24,28)(H,26,27)(H,29,30). The summed E-state index contributed by atoms with van der Waals surface area (Å²) in [5.74, 6) is -0.565. The summed E-state index contributed by atoms with van der Waals surface area (Å²) in [4.78, 5) is 36.8. The van der Waals surface area contributed by atoms with Crippen LogP contribution in [0.1, 0.15) is 29.5 Å². The Bertz CT molecular complexity index is 905. The van der Waals surface area contributed by atoms with Gasteiger partial charge >= 0.3 is 5.97 Å². The number of benzene rings is 2. The summed E-state index contributed by atoms with van der Waals surface area (Å²) in [5, 5.41) is 18.7. The van der Waals surface area contributed by atoms with Crippen LogP contribution in [0.5, 0.6) is 0 Å². The SMILES string of the molecule is O=C(CC(CNC(=O)C1CSCN1)c1ccc(Cl)cc1)NC(C(=O)O)c1ccccc1. The van der Waals surface area contributed by atoms with Crippen molar-refractivity contribution in [1.82, 2.24) is 16.0 Å². The Labute approximate surface area is 189 Å². The van der Waals surface area contributed by atoms with Gasteiger partial charge in [0.05, 0.1) is 6.04 Å². The zero-order chi connectivity index (χ0) is 22.2. The molecule has 0 aliphatic carbocycles. The Morgan fingerprint density at radius 2 is 1.81 bits per heavy atom. The normalized spacial score (nSPS) is 17.5. The van der Waals surface area contributed by atoms with E-state index in [-0.39, 0.29) is 30.8 Å². The van der Waals surface area contributed by atoms with Crippen molar-refractivity contribution in [2.24, 2.45) is 0 Å². The molecule has 1 aliphatic heterocycles. The number of rotatable bonds is 9. The Morgan fingerprint density at radius 3 is 2.42 bits per heavy atom. The molecule has 3 rings (SSSR count). The predicted octanol–water partition coefficient (Wildman–Crippen LogP) is 2.53. The lowest BCUT2D eigenvalue weighted by molar-refractivity contribution is -0.142. The molecule has 1 fully saturated rings. The fourth-order valence-electron chi connectivity index (χ4n) is 3.33. The van der Waals surface area contributed by atoms with Gasteiger partial charge < -0.3 is 15.7 Å². The lowest BCUT2D eigenvalue weighted by Crippen LogP contribution is -2.44. The van der Waals surface area contributed by atoms with E-state index in [1.165, 1.54) is 0 Å². The minimum Gasteiger partial charge on any atom is -0.479 e. The molecule has 3 atom stereocenters. The molecule has 9 heteroatoms. The van der Waals surface area contributed by atoms with Gasteiger partial charge in [-0.25, -0.2) is 4.79 Å². The van der Waals surface area contributed by atoms with Gasteiger partial charge in [0.15, 0.2) is 6.04 Å². The van der Waals surface area contributed by atoms with Crippen LogP contribution in [0.15, 0.2) is 54.6 Å². The van der Waals surface area contributed by atoms with Gasteiger partial charge in [-0.1, -0.05) is 54.1 Å². The summed E-state index contributed by atoms with van der Waals surface area (Å²) in [5.41, 5.74) is 1.32. The first-order valence-corrected chi connectivity index (χ1v) is 11.4. The number of amides is 2. The number of hydrogen-bond acceptors (Lipinski definition) is 5. The summed E-state index contributed by atoms with van der Waals surface area (Å²) in [6, 6.07) is 14.2. The van der Waals surface area contributed by atoms with Crippen molar-refractivity contribution >= 4 is 41.1 Å². The molecule has 7 nitrogen and oxygen atoms in total. The van der Waals surface area contributed by atoms with E-state index in [0.717, 1.165) is 11.4 Å². The van der Waals surface area contributed by atoms with E-state index in [9.17, 15) is 19.5 Å². The van der Waals surface area contributed by atoms with Gasteiger partial charge in [-0.3, -0.25) is 14.9 Å². The number of carbonyl (C=O) groups excluding carboxylic acids is 2. The van der Waals surface area contributed by atoms with Crippen LogP contribution in [0.2, 0.25) is 5.02 Å². The van der Waals surface area contributed by atoms with Crippen molar-refractivity contribution in [3.63, 3.8) is 0 Å². The van der Waals surface area contributed by atoms with Crippen molar-refractivity contribution < 1.29 is 19.5 Å². The number of aliphatic carboxylic acids is 1. The van der Waals surface area contributed by atoms with E-state index in [0.29, 0.717) is 16.3 Å². The first-order chi connectivity index (χ1) is 14.9. The quantitative estimate of drug-likeness (QED) is 0.457. The number of carbonyl (C=O) groups is 3. The zero-order valence-corrected chi connectivity index (χ0v) is 18.3. The first kappa shape index (κ1) is 23.1. The molecule has 2 amide bonds. The van der Waals surface area contributed by atoms with E-state index in [2.05, 4.69) is 16.0 Å². The molecule has 0 radical (unpaired) electrons. The topological polar surface area (TPSA) is 108 Å². The van der Waals surface area contributed by atoms with Gasteiger partial charge in [0.25, 0.3) is 0 Å². The Hall–Kier alpha value is -2.55. The van der Waals surface area contributed by atoms with Crippen LogP contribution >= 0.6 is 23.4 Å². The number of halogens is 1. The highest BCUT2D eigenvalue weighted by Crippen LogP contribution is 2.23. The largest absolute Gasteiger partial charge is 0.479 e. The van der Waals surface area contributed by atoms with Crippen LogP contribution in [0, 0.1) is 0 Å². The Kier molecular flexibility index (Phi) is 8.34. The molecular formula is C22H24ClN3O4S. The maximum absolute atomic E-state index is 12.8. The molecule has 0 saturated carbocycles. The molecule has 1 saturated heterocycles. The van der Waals surface area contributed by atoms with E-state index in [1.54, 1.807) is 54.2 Å². The minimum atomic E-state index is -1.14. The molecule has 4 N–H and O–H groups in total. The van der Waals surface area contributed by atoms with E-state index in [4.69, 9.17) is 11.6 Å². The maximum Gasteiger partial charge on any atom is 0.330 e. The van der Waals surface area contributed by atoms with Crippen LogP contribution in [-0.2, 0) is 14.4 Å². The zero-order valence-electron chi connectivity index (χ0n) is 16.7. The third kappa shape index (κ3) is 6.72. The molecule has 1 heterocycles. The second-order valence-electron chi connectivity index (χ2n) is 7.22. The molecule has 0 aromatic heterocycles. The maximum atomic E-state index is 12.8.